The number of halogens is 2. The number of hydrogen-bond donors (Lipinski definition) is 0. The second-order valence-corrected chi connectivity index (χ2v) is 11.7. The van der Waals surface area contributed by atoms with Crippen LogP contribution in [-0.4, -0.2) is 74.7 Å². The predicted molar refractivity (Wildman–Crippen MR) is 172 cm³/mol. The van der Waals surface area contributed by atoms with Gasteiger partial charge in [-0.1, -0.05) is 6.07 Å². The summed E-state index contributed by atoms with van der Waals surface area (Å²) in [5.41, 5.74) is 1.58. The summed E-state index contributed by atoms with van der Waals surface area (Å²) in [6.45, 7) is 5.24. The molecule has 2 aliphatic rings. The number of pyridine rings is 1. The number of fused-ring (bicyclic) bond motifs is 1. The number of methoxy groups -OCH3 is 1. The molecule has 0 spiro atoms. The van der Waals surface area contributed by atoms with Gasteiger partial charge in [-0.15, -0.1) is 0 Å². The molecule has 4 aromatic rings. The maximum absolute atomic E-state index is 15.3. The van der Waals surface area contributed by atoms with Crippen LogP contribution in [0.2, 0.25) is 0 Å². The molecule has 1 amide bonds. The molecule has 47 heavy (non-hydrogen) atoms. The van der Waals surface area contributed by atoms with Crippen molar-refractivity contribution in [3.05, 3.63) is 84.1 Å². The van der Waals surface area contributed by atoms with Gasteiger partial charge in [-0.2, -0.15) is 0 Å². The van der Waals surface area contributed by atoms with Gasteiger partial charge in [0.05, 0.1) is 38.4 Å². The number of nitrogens with zero attached hydrogens (tertiary/aromatic N) is 3. The molecule has 3 heterocycles. The molecule has 0 radical (unpaired) electrons. The Bertz CT molecular complexity index is 1730. The smallest absolute Gasteiger partial charge is 0.237 e. The van der Waals surface area contributed by atoms with Crippen molar-refractivity contribution in [1.29, 1.82) is 0 Å². The number of Topliss-reactive ketones (excluding diaryl/α,β-unsaturated/α-hetero) is 1. The molecular formula is C36H37F2N3O6. The fourth-order valence-corrected chi connectivity index (χ4v) is 6.02. The van der Waals surface area contributed by atoms with Crippen LogP contribution in [0.5, 0.6) is 23.0 Å². The third-order valence-corrected chi connectivity index (χ3v) is 8.53. The van der Waals surface area contributed by atoms with Crippen LogP contribution in [0.15, 0.2) is 66.9 Å². The lowest BCUT2D eigenvalue weighted by Crippen LogP contribution is -2.44. The van der Waals surface area contributed by atoms with Crippen LogP contribution in [-0.2, 0) is 20.7 Å². The molecule has 2 fully saturated rings. The molecule has 1 atom stereocenters. The van der Waals surface area contributed by atoms with E-state index in [9.17, 15) is 14.0 Å². The Morgan fingerprint density at radius 3 is 2.53 bits per heavy atom. The third kappa shape index (κ3) is 7.69. The fourth-order valence-electron chi connectivity index (χ4n) is 6.02. The van der Waals surface area contributed by atoms with E-state index in [1.165, 1.54) is 41.3 Å². The first-order chi connectivity index (χ1) is 22.9. The number of ketones is 1. The standard InChI is InChI=1S/C36H37F2N3O6/c1-44-34-22-28-30(23-35(34)46-17-3-13-40-15-18-45-19-16-40)39-12-11-32(28)47-33-10-5-24(20-29(33)38)21-31(42)27-4-2-14-41(36(27)43)26-8-6-25(37)7-9-26/h5-12,20,22-23,27H,2-4,13-19,21H2,1H3. The molecule has 0 bridgehead atoms. The predicted octanol–water partition coefficient (Wildman–Crippen LogP) is 5.97. The van der Waals surface area contributed by atoms with E-state index in [-0.39, 0.29) is 23.9 Å². The van der Waals surface area contributed by atoms with Crippen LogP contribution in [0.3, 0.4) is 0 Å². The molecule has 11 heteroatoms. The summed E-state index contributed by atoms with van der Waals surface area (Å²) in [6, 6.07) is 15.2. The second-order valence-electron chi connectivity index (χ2n) is 11.7. The van der Waals surface area contributed by atoms with Gasteiger partial charge in [0, 0.05) is 55.9 Å². The summed E-state index contributed by atoms with van der Waals surface area (Å²) in [6.07, 6.45) is 3.37. The number of anilines is 1. The van der Waals surface area contributed by atoms with Crippen molar-refractivity contribution < 1.29 is 37.3 Å². The molecule has 1 aromatic heterocycles. The van der Waals surface area contributed by atoms with Gasteiger partial charge in [-0.3, -0.25) is 19.5 Å². The minimum absolute atomic E-state index is 0.0210. The van der Waals surface area contributed by atoms with E-state index < -0.39 is 17.6 Å². The van der Waals surface area contributed by atoms with Gasteiger partial charge >= 0.3 is 0 Å². The van der Waals surface area contributed by atoms with Crippen molar-refractivity contribution >= 4 is 28.3 Å². The minimum atomic E-state index is -0.843. The maximum atomic E-state index is 15.3. The van der Waals surface area contributed by atoms with Crippen LogP contribution in [0.1, 0.15) is 24.8 Å². The average molecular weight is 646 g/mol. The zero-order chi connectivity index (χ0) is 32.8. The number of morpholine rings is 1. The highest BCUT2D eigenvalue weighted by molar-refractivity contribution is 6.09. The van der Waals surface area contributed by atoms with Crippen molar-refractivity contribution in [2.24, 2.45) is 5.92 Å². The minimum Gasteiger partial charge on any atom is -0.493 e. The summed E-state index contributed by atoms with van der Waals surface area (Å²) in [5.74, 6) is -1.08. The Morgan fingerprint density at radius 1 is 0.957 bits per heavy atom. The zero-order valence-electron chi connectivity index (χ0n) is 26.3. The van der Waals surface area contributed by atoms with Crippen molar-refractivity contribution in [3.63, 3.8) is 0 Å². The number of benzene rings is 3. The van der Waals surface area contributed by atoms with Crippen LogP contribution in [0, 0.1) is 17.6 Å². The first-order valence-electron chi connectivity index (χ1n) is 15.8. The van der Waals surface area contributed by atoms with Crippen LogP contribution in [0.25, 0.3) is 10.9 Å². The number of rotatable bonds is 12. The van der Waals surface area contributed by atoms with E-state index in [1.54, 1.807) is 37.6 Å². The monoisotopic (exact) mass is 645 g/mol. The van der Waals surface area contributed by atoms with E-state index in [4.69, 9.17) is 18.9 Å². The fraction of sp³-hybridized carbons (Fsp3) is 0.361. The van der Waals surface area contributed by atoms with Crippen LogP contribution < -0.4 is 19.1 Å². The van der Waals surface area contributed by atoms with Crippen molar-refractivity contribution in [3.8, 4) is 23.0 Å². The Labute approximate surface area is 272 Å². The summed E-state index contributed by atoms with van der Waals surface area (Å²) < 4.78 is 51.7. The lowest BCUT2D eigenvalue weighted by atomic mass is 9.89. The van der Waals surface area contributed by atoms with Gasteiger partial charge in [0.15, 0.2) is 23.1 Å². The van der Waals surface area contributed by atoms with Gasteiger partial charge in [0.2, 0.25) is 5.91 Å². The topological polar surface area (TPSA) is 90.4 Å². The summed E-state index contributed by atoms with van der Waals surface area (Å²) in [5, 5.41) is 0.616. The lowest BCUT2D eigenvalue weighted by Gasteiger charge is -2.31. The Balaban J connectivity index is 1.10. The normalized spacial score (nSPS) is 17.1. The Morgan fingerprint density at radius 2 is 1.77 bits per heavy atom. The number of carbonyl (C=O) groups is 2. The van der Waals surface area contributed by atoms with Gasteiger partial charge in [-0.25, -0.2) is 8.78 Å². The number of ether oxygens (including phenoxy) is 4. The van der Waals surface area contributed by atoms with Gasteiger partial charge in [0.1, 0.15) is 17.3 Å². The highest BCUT2D eigenvalue weighted by Gasteiger charge is 2.34. The van der Waals surface area contributed by atoms with Gasteiger partial charge < -0.3 is 23.8 Å². The van der Waals surface area contributed by atoms with Gasteiger partial charge in [0.25, 0.3) is 0 Å². The summed E-state index contributed by atoms with van der Waals surface area (Å²) >= 11 is 0. The number of carbonyl (C=O) groups excluding carboxylic acids is 2. The molecule has 0 saturated carbocycles. The number of aromatic nitrogens is 1. The largest absolute Gasteiger partial charge is 0.493 e. The van der Waals surface area contributed by atoms with E-state index in [1.807, 2.05) is 0 Å². The molecule has 246 valence electrons. The summed E-state index contributed by atoms with van der Waals surface area (Å²) in [4.78, 5) is 34.7. The highest BCUT2D eigenvalue weighted by Crippen LogP contribution is 2.38. The average Bonchev–Trinajstić information content (AvgIpc) is 3.08. The SMILES string of the molecule is COc1cc2c(Oc3ccc(CC(=O)C4CCCN(c5ccc(F)cc5)C4=O)cc3F)ccnc2cc1OCCCN1CCOCC1. The van der Waals surface area contributed by atoms with E-state index in [0.29, 0.717) is 65.4 Å². The van der Waals surface area contributed by atoms with E-state index in [2.05, 4.69) is 9.88 Å². The molecule has 1 unspecified atom stereocenters. The molecular weight excluding hydrogens is 608 g/mol. The van der Waals surface area contributed by atoms with Crippen molar-refractivity contribution in [2.45, 2.75) is 25.7 Å². The zero-order valence-corrected chi connectivity index (χ0v) is 26.3. The first-order valence-corrected chi connectivity index (χ1v) is 15.8. The molecule has 9 nitrogen and oxygen atoms in total. The lowest BCUT2D eigenvalue weighted by molar-refractivity contribution is -0.133. The van der Waals surface area contributed by atoms with Crippen LogP contribution >= 0.6 is 0 Å². The molecule has 2 aliphatic heterocycles. The first kappa shape index (κ1) is 32.3. The van der Waals surface area contributed by atoms with E-state index in [0.717, 1.165) is 39.3 Å². The Hall–Kier alpha value is -4.61. The number of hydrogen-bond acceptors (Lipinski definition) is 8. The molecule has 0 N–H and O–H groups in total. The quantitative estimate of drug-likeness (QED) is 0.138. The summed E-state index contributed by atoms with van der Waals surface area (Å²) in [7, 11) is 1.56. The van der Waals surface area contributed by atoms with Crippen molar-refractivity contribution in [1.82, 2.24) is 9.88 Å². The molecule has 3 aromatic carbocycles. The van der Waals surface area contributed by atoms with Crippen LogP contribution in [0.4, 0.5) is 14.5 Å². The van der Waals surface area contributed by atoms with Gasteiger partial charge in [-0.05, 0) is 73.4 Å². The molecule has 0 aliphatic carbocycles. The maximum Gasteiger partial charge on any atom is 0.237 e. The number of piperidine rings is 1. The van der Waals surface area contributed by atoms with Crippen molar-refractivity contribution in [2.75, 3.05) is 58.0 Å². The van der Waals surface area contributed by atoms with E-state index >= 15 is 4.39 Å². The Kier molecular flexibility index (Phi) is 10.2. The highest BCUT2D eigenvalue weighted by atomic mass is 19.1. The third-order valence-electron chi connectivity index (χ3n) is 8.53. The molecule has 2 saturated heterocycles. The number of amides is 1. The molecule has 6 rings (SSSR count). The second kappa shape index (κ2) is 14.9.